The van der Waals surface area contributed by atoms with Gasteiger partial charge in [-0.05, 0) is 42.5 Å². The molecule has 3 rings (SSSR count). The predicted molar refractivity (Wildman–Crippen MR) is 114 cm³/mol. The molecular weight excluding hydrogens is 450 g/mol. The third kappa shape index (κ3) is 4.72. The number of ether oxygens (including phenoxy) is 1. The summed E-state index contributed by atoms with van der Waals surface area (Å²) in [6, 6.07) is 13.7. The van der Waals surface area contributed by atoms with Gasteiger partial charge in [0.25, 0.3) is 10.0 Å². The SMILES string of the molecule is CCS(=O)(=O)c1ccc(-c2cccc(NS(=O)(=O)c3cc(Cl)ccc3OC)c2)nn1. The molecule has 8 nitrogen and oxygen atoms in total. The number of rotatable bonds is 7. The molecule has 0 bridgehead atoms. The number of nitrogens with one attached hydrogen (secondary N) is 1. The molecule has 0 aliphatic carbocycles. The lowest BCUT2D eigenvalue weighted by atomic mass is 10.1. The summed E-state index contributed by atoms with van der Waals surface area (Å²) in [6.45, 7) is 1.52. The van der Waals surface area contributed by atoms with Crippen molar-refractivity contribution in [2.75, 3.05) is 17.6 Å². The Bertz CT molecular complexity index is 1280. The van der Waals surface area contributed by atoms with Gasteiger partial charge in [-0.15, -0.1) is 10.2 Å². The Morgan fingerprint density at radius 3 is 2.40 bits per heavy atom. The number of sulfone groups is 1. The Hall–Kier alpha value is -2.69. The Morgan fingerprint density at radius 1 is 1.00 bits per heavy atom. The van der Waals surface area contributed by atoms with E-state index in [9.17, 15) is 16.8 Å². The molecule has 11 heteroatoms. The lowest BCUT2D eigenvalue weighted by molar-refractivity contribution is 0.403. The van der Waals surface area contributed by atoms with Gasteiger partial charge in [0.15, 0.2) is 14.9 Å². The Morgan fingerprint density at radius 2 is 1.77 bits per heavy atom. The van der Waals surface area contributed by atoms with Crippen LogP contribution >= 0.6 is 11.6 Å². The summed E-state index contributed by atoms with van der Waals surface area (Å²) in [5.74, 6) is 0.0762. The Kier molecular flexibility index (Phi) is 6.30. The van der Waals surface area contributed by atoms with Gasteiger partial charge in [0.2, 0.25) is 0 Å². The predicted octanol–water partition coefficient (Wildman–Crippen LogP) is 3.40. The summed E-state index contributed by atoms with van der Waals surface area (Å²) in [5.41, 5.74) is 1.23. The fourth-order valence-corrected chi connectivity index (χ4v) is 4.82. The molecule has 30 heavy (non-hydrogen) atoms. The van der Waals surface area contributed by atoms with E-state index < -0.39 is 19.9 Å². The Balaban J connectivity index is 1.92. The second-order valence-electron chi connectivity index (χ2n) is 6.14. The van der Waals surface area contributed by atoms with Crippen molar-refractivity contribution in [1.82, 2.24) is 10.2 Å². The molecule has 0 saturated carbocycles. The first-order valence-electron chi connectivity index (χ1n) is 8.69. The highest BCUT2D eigenvalue weighted by molar-refractivity contribution is 7.92. The van der Waals surface area contributed by atoms with Crippen molar-refractivity contribution in [3.05, 3.63) is 59.6 Å². The molecule has 0 aliphatic heterocycles. The first-order valence-corrected chi connectivity index (χ1v) is 12.2. The standard InChI is InChI=1S/C19H18ClN3O5S2/c1-3-29(24,25)19-10-8-16(21-22-19)13-5-4-6-15(11-13)23-30(26,27)18-12-14(20)7-9-17(18)28-2/h4-12,23H,3H2,1-2H3. The number of hydrogen-bond donors (Lipinski definition) is 1. The lowest BCUT2D eigenvalue weighted by Crippen LogP contribution is -2.14. The zero-order valence-corrected chi connectivity index (χ0v) is 18.4. The van der Waals surface area contributed by atoms with Gasteiger partial charge in [-0.25, -0.2) is 16.8 Å². The minimum absolute atomic E-state index is 0.0781. The number of halogens is 1. The summed E-state index contributed by atoms with van der Waals surface area (Å²) >= 11 is 5.94. The monoisotopic (exact) mass is 467 g/mol. The smallest absolute Gasteiger partial charge is 0.265 e. The highest BCUT2D eigenvalue weighted by Gasteiger charge is 2.21. The van der Waals surface area contributed by atoms with E-state index in [1.807, 2.05) is 0 Å². The van der Waals surface area contributed by atoms with E-state index in [2.05, 4.69) is 14.9 Å². The molecule has 0 spiro atoms. The van der Waals surface area contributed by atoms with Gasteiger partial charge in [0.1, 0.15) is 10.6 Å². The number of nitrogens with zero attached hydrogens (tertiary/aromatic N) is 2. The van der Waals surface area contributed by atoms with Crippen molar-refractivity contribution >= 4 is 37.1 Å². The van der Waals surface area contributed by atoms with E-state index in [1.165, 1.54) is 44.4 Å². The fraction of sp³-hybridized carbons (Fsp3) is 0.158. The van der Waals surface area contributed by atoms with Crippen molar-refractivity contribution in [2.45, 2.75) is 16.8 Å². The van der Waals surface area contributed by atoms with E-state index in [-0.39, 0.29) is 32.1 Å². The van der Waals surface area contributed by atoms with E-state index in [0.29, 0.717) is 11.3 Å². The van der Waals surface area contributed by atoms with Crippen molar-refractivity contribution < 1.29 is 21.6 Å². The highest BCUT2D eigenvalue weighted by Crippen LogP contribution is 2.29. The van der Waals surface area contributed by atoms with Gasteiger partial charge >= 0.3 is 0 Å². The average molecular weight is 468 g/mol. The van der Waals surface area contributed by atoms with Crippen LogP contribution in [0.25, 0.3) is 11.3 Å². The van der Waals surface area contributed by atoms with Crippen molar-refractivity contribution in [3.8, 4) is 17.0 Å². The molecule has 2 aromatic carbocycles. The Labute approximate surface area is 179 Å². The third-order valence-corrected chi connectivity index (χ3v) is 7.42. The second kappa shape index (κ2) is 8.58. The lowest BCUT2D eigenvalue weighted by Gasteiger charge is -2.12. The zero-order valence-electron chi connectivity index (χ0n) is 16.0. The molecule has 3 aromatic rings. The van der Waals surface area contributed by atoms with Crippen molar-refractivity contribution in [2.24, 2.45) is 0 Å². The summed E-state index contributed by atoms with van der Waals surface area (Å²) in [5, 5.41) is 7.87. The van der Waals surface area contributed by atoms with Crippen LogP contribution in [0.3, 0.4) is 0 Å². The van der Waals surface area contributed by atoms with Crippen LogP contribution < -0.4 is 9.46 Å². The number of benzene rings is 2. The number of sulfonamides is 1. The summed E-state index contributed by atoms with van der Waals surface area (Å²) < 4.78 is 57.0. The molecule has 0 radical (unpaired) electrons. The summed E-state index contributed by atoms with van der Waals surface area (Å²) in [7, 11) is -6.07. The molecule has 0 unspecified atom stereocenters. The molecule has 0 saturated heterocycles. The van der Waals surface area contributed by atoms with Crippen molar-refractivity contribution in [3.63, 3.8) is 0 Å². The molecule has 1 aromatic heterocycles. The van der Waals surface area contributed by atoms with E-state index in [0.717, 1.165) is 0 Å². The van der Waals surface area contributed by atoms with E-state index in [1.54, 1.807) is 24.3 Å². The van der Waals surface area contributed by atoms with Gasteiger partial charge in [-0.2, -0.15) is 0 Å². The average Bonchev–Trinajstić information content (AvgIpc) is 2.73. The fourth-order valence-electron chi connectivity index (χ4n) is 2.60. The largest absolute Gasteiger partial charge is 0.495 e. The van der Waals surface area contributed by atoms with Crippen LogP contribution in [0.1, 0.15) is 6.92 Å². The maximum atomic E-state index is 12.8. The molecule has 0 amide bonds. The maximum absolute atomic E-state index is 12.8. The minimum atomic E-state index is -3.98. The molecule has 1 heterocycles. The number of hydrogen-bond acceptors (Lipinski definition) is 7. The topological polar surface area (TPSA) is 115 Å². The minimum Gasteiger partial charge on any atom is -0.495 e. The van der Waals surface area contributed by atoms with Crippen molar-refractivity contribution in [1.29, 1.82) is 0 Å². The summed E-state index contributed by atoms with van der Waals surface area (Å²) in [6.07, 6.45) is 0. The summed E-state index contributed by atoms with van der Waals surface area (Å²) in [4.78, 5) is -0.100. The molecule has 158 valence electrons. The van der Waals surface area contributed by atoms with Gasteiger partial charge in [-0.1, -0.05) is 30.7 Å². The van der Waals surface area contributed by atoms with Crippen LogP contribution in [-0.4, -0.2) is 39.9 Å². The zero-order chi connectivity index (χ0) is 21.9. The van der Waals surface area contributed by atoms with Gasteiger partial charge < -0.3 is 4.74 Å². The molecule has 1 N–H and O–H groups in total. The number of aromatic nitrogens is 2. The number of methoxy groups -OCH3 is 1. The van der Waals surface area contributed by atoms with E-state index >= 15 is 0 Å². The third-order valence-electron chi connectivity index (χ3n) is 4.16. The molecule has 0 atom stereocenters. The molecule has 0 fully saturated rings. The molecular formula is C19H18ClN3O5S2. The van der Waals surface area contributed by atoms with Crippen LogP contribution in [0.2, 0.25) is 5.02 Å². The second-order valence-corrected chi connectivity index (χ2v) is 10.5. The molecule has 0 aliphatic rings. The number of anilines is 1. The quantitative estimate of drug-likeness (QED) is 0.566. The van der Waals surface area contributed by atoms with Crippen LogP contribution in [-0.2, 0) is 19.9 Å². The maximum Gasteiger partial charge on any atom is 0.265 e. The van der Waals surface area contributed by atoms with Crippen LogP contribution in [0.5, 0.6) is 5.75 Å². The normalized spacial score (nSPS) is 11.8. The van der Waals surface area contributed by atoms with Gasteiger partial charge in [-0.3, -0.25) is 4.72 Å². The highest BCUT2D eigenvalue weighted by atomic mass is 35.5. The van der Waals surface area contributed by atoms with Crippen LogP contribution in [0.15, 0.2) is 64.5 Å². The first-order chi connectivity index (χ1) is 14.2. The van der Waals surface area contributed by atoms with Crippen LogP contribution in [0.4, 0.5) is 5.69 Å². The first kappa shape index (κ1) is 22.0. The van der Waals surface area contributed by atoms with Gasteiger partial charge in [0.05, 0.1) is 18.6 Å². The van der Waals surface area contributed by atoms with E-state index in [4.69, 9.17) is 16.3 Å². The van der Waals surface area contributed by atoms with Crippen LogP contribution in [0, 0.1) is 0 Å². The van der Waals surface area contributed by atoms with Gasteiger partial charge in [0, 0.05) is 16.3 Å².